The van der Waals surface area contributed by atoms with E-state index in [1.54, 1.807) is 4.90 Å². The predicted molar refractivity (Wildman–Crippen MR) is 102 cm³/mol. The highest BCUT2D eigenvalue weighted by atomic mass is 32.2. The van der Waals surface area contributed by atoms with Crippen molar-refractivity contribution in [2.75, 3.05) is 13.7 Å². The van der Waals surface area contributed by atoms with Crippen LogP contribution in [-0.2, 0) is 19.1 Å². The van der Waals surface area contributed by atoms with Gasteiger partial charge in [-0.15, -0.1) is 0 Å². The van der Waals surface area contributed by atoms with Gasteiger partial charge in [-0.1, -0.05) is 60.3 Å². The summed E-state index contributed by atoms with van der Waals surface area (Å²) < 4.78 is 9.69. The summed E-state index contributed by atoms with van der Waals surface area (Å²) in [5.74, 6) is -0.732. The summed E-state index contributed by atoms with van der Waals surface area (Å²) in [6, 6.07) is 19.1. The van der Waals surface area contributed by atoms with E-state index in [1.807, 2.05) is 60.7 Å². The molecule has 0 saturated carbocycles. The molecule has 5 nitrogen and oxygen atoms in total. The number of methoxy groups -OCH3 is 1. The first-order valence-electron chi connectivity index (χ1n) is 8.97. The number of nitrogens with zero attached hydrogens (tertiary/aromatic N) is 1. The fraction of sp³-hybridized carbons (Fsp3) is 0.333. The Balaban J connectivity index is 1.71. The van der Waals surface area contributed by atoms with Gasteiger partial charge in [0.15, 0.2) is 4.75 Å². The van der Waals surface area contributed by atoms with Gasteiger partial charge >= 0.3 is 5.97 Å². The van der Waals surface area contributed by atoms with E-state index < -0.39 is 10.7 Å². The van der Waals surface area contributed by atoms with Gasteiger partial charge in [-0.05, 0) is 30.5 Å². The summed E-state index contributed by atoms with van der Waals surface area (Å²) in [6.45, 7) is 0.438. The largest absolute Gasteiger partial charge is 0.468 e. The van der Waals surface area contributed by atoms with Crippen LogP contribution in [0, 0.1) is 0 Å². The number of rotatable bonds is 4. The van der Waals surface area contributed by atoms with Crippen LogP contribution in [0.2, 0.25) is 0 Å². The molecule has 3 atom stereocenters. The van der Waals surface area contributed by atoms with Crippen molar-refractivity contribution < 1.29 is 19.1 Å². The monoisotopic (exact) mass is 383 g/mol. The molecule has 0 aromatic heterocycles. The van der Waals surface area contributed by atoms with E-state index in [0.29, 0.717) is 19.4 Å². The summed E-state index contributed by atoms with van der Waals surface area (Å²) in [5, 5.41) is 0. The van der Waals surface area contributed by atoms with E-state index in [9.17, 15) is 9.59 Å². The predicted octanol–water partition coefficient (Wildman–Crippen LogP) is 3.41. The maximum atomic E-state index is 13.6. The quantitative estimate of drug-likeness (QED) is 0.598. The Labute approximate surface area is 162 Å². The van der Waals surface area contributed by atoms with E-state index in [4.69, 9.17) is 9.47 Å². The topological polar surface area (TPSA) is 55.8 Å². The van der Waals surface area contributed by atoms with Crippen molar-refractivity contribution in [1.29, 1.82) is 0 Å². The maximum Gasteiger partial charge on any atom is 0.332 e. The smallest absolute Gasteiger partial charge is 0.332 e. The van der Waals surface area contributed by atoms with Gasteiger partial charge < -0.3 is 14.4 Å². The first-order valence-corrected chi connectivity index (χ1v) is 9.79. The molecule has 140 valence electrons. The van der Waals surface area contributed by atoms with Crippen molar-refractivity contribution in [2.45, 2.75) is 34.8 Å². The molecule has 2 aliphatic rings. The third-order valence-corrected chi connectivity index (χ3v) is 6.55. The maximum absolute atomic E-state index is 13.6. The minimum absolute atomic E-state index is 0.190. The second-order valence-electron chi connectivity index (χ2n) is 6.70. The molecule has 4 rings (SSSR count). The Morgan fingerprint density at radius 2 is 1.81 bits per heavy atom. The highest BCUT2D eigenvalue weighted by Crippen LogP contribution is 2.47. The zero-order chi connectivity index (χ0) is 18.9. The Morgan fingerprint density at radius 3 is 2.48 bits per heavy atom. The number of carbonyl (C=O) groups is 2. The second kappa shape index (κ2) is 7.37. The molecule has 2 aromatic rings. The SMILES string of the molecule is COC(=O)C1(Sc2ccccc2)CC[C@@H]2OC[C@@H](c3ccccc3)N2C1=O. The van der Waals surface area contributed by atoms with E-state index in [1.165, 1.54) is 18.9 Å². The van der Waals surface area contributed by atoms with Crippen molar-refractivity contribution in [2.24, 2.45) is 0 Å². The number of esters is 1. The normalized spacial score (nSPS) is 27.3. The molecule has 2 aromatic carbocycles. The molecule has 2 fully saturated rings. The molecule has 6 heteroatoms. The number of carbonyl (C=O) groups excluding carboxylic acids is 2. The highest BCUT2D eigenvalue weighted by molar-refractivity contribution is 8.02. The first kappa shape index (κ1) is 18.1. The van der Waals surface area contributed by atoms with Crippen LogP contribution in [0.15, 0.2) is 65.6 Å². The number of piperidine rings is 1. The minimum atomic E-state index is -1.28. The lowest BCUT2D eigenvalue weighted by Crippen LogP contribution is -2.58. The zero-order valence-electron chi connectivity index (χ0n) is 15.0. The van der Waals surface area contributed by atoms with Gasteiger partial charge in [0.25, 0.3) is 5.91 Å². The molecule has 1 amide bonds. The summed E-state index contributed by atoms with van der Waals surface area (Å²) in [4.78, 5) is 29.1. The van der Waals surface area contributed by atoms with Crippen LogP contribution in [0.1, 0.15) is 24.4 Å². The molecular weight excluding hydrogens is 362 g/mol. The summed E-state index contributed by atoms with van der Waals surface area (Å²) in [5.41, 5.74) is 1.01. The molecule has 2 heterocycles. The Kier molecular flexibility index (Phi) is 4.93. The molecule has 0 aliphatic carbocycles. The van der Waals surface area contributed by atoms with Gasteiger partial charge in [0.2, 0.25) is 0 Å². The van der Waals surface area contributed by atoms with E-state index >= 15 is 0 Å². The average Bonchev–Trinajstić information content (AvgIpc) is 3.16. The fourth-order valence-electron chi connectivity index (χ4n) is 3.81. The molecule has 0 spiro atoms. The van der Waals surface area contributed by atoms with Crippen LogP contribution in [-0.4, -0.2) is 41.5 Å². The van der Waals surface area contributed by atoms with E-state index in [-0.39, 0.29) is 18.2 Å². The summed E-state index contributed by atoms with van der Waals surface area (Å²) >= 11 is 1.28. The van der Waals surface area contributed by atoms with Crippen molar-refractivity contribution in [3.63, 3.8) is 0 Å². The molecule has 2 aliphatic heterocycles. The van der Waals surface area contributed by atoms with Crippen molar-refractivity contribution >= 4 is 23.6 Å². The number of fused-ring (bicyclic) bond motifs is 1. The molecule has 1 unspecified atom stereocenters. The van der Waals surface area contributed by atoms with Crippen LogP contribution in [0.5, 0.6) is 0 Å². The van der Waals surface area contributed by atoms with Gasteiger partial charge in [-0.2, -0.15) is 0 Å². The summed E-state index contributed by atoms with van der Waals surface area (Å²) in [7, 11) is 1.34. The van der Waals surface area contributed by atoms with Crippen molar-refractivity contribution in [3.8, 4) is 0 Å². The van der Waals surface area contributed by atoms with E-state index in [2.05, 4.69) is 0 Å². The number of ether oxygens (including phenoxy) is 2. The lowest BCUT2D eigenvalue weighted by molar-refractivity contribution is -0.158. The highest BCUT2D eigenvalue weighted by Gasteiger charge is 2.58. The van der Waals surface area contributed by atoms with Crippen LogP contribution >= 0.6 is 11.8 Å². The molecule has 2 saturated heterocycles. The fourth-order valence-corrected chi connectivity index (χ4v) is 5.09. The second-order valence-corrected chi connectivity index (χ2v) is 8.07. The number of thioether (sulfide) groups is 1. The van der Waals surface area contributed by atoms with Crippen LogP contribution in [0.3, 0.4) is 0 Å². The van der Waals surface area contributed by atoms with Crippen LogP contribution in [0.25, 0.3) is 0 Å². The van der Waals surface area contributed by atoms with Crippen LogP contribution in [0.4, 0.5) is 0 Å². The number of benzene rings is 2. The van der Waals surface area contributed by atoms with Gasteiger partial charge in [-0.25, -0.2) is 4.79 Å². The van der Waals surface area contributed by atoms with Crippen molar-refractivity contribution in [3.05, 3.63) is 66.2 Å². The lowest BCUT2D eigenvalue weighted by atomic mass is 9.93. The number of amides is 1. The Morgan fingerprint density at radius 1 is 1.15 bits per heavy atom. The average molecular weight is 383 g/mol. The third-order valence-electron chi connectivity index (χ3n) is 5.15. The Bertz CT molecular complexity index is 829. The number of hydrogen-bond acceptors (Lipinski definition) is 5. The van der Waals surface area contributed by atoms with Gasteiger partial charge in [0, 0.05) is 4.90 Å². The van der Waals surface area contributed by atoms with E-state index in [0.717, 1.165) is 10.5 Å². The first-order chi connectivity index (χ1) is 13.2. The van der Waals surface area contributed by atoms with Crippen LogP contribution < -0.4 is 0 Å². The lowest BCUT2D eigenvalue weighted by Gasteiger charge is -2.42. The molecule has 27 heavy (non-hydrogen) atoms. The standard InChI is InChI=1S/C21H21NO4S/c1-25-20(24)21(27-16-10-6-3-7-11-16)13-12-18-22(19(21)23)17(14-26-18)15-8-4-2-5-9-15/h2-11,17-18H,12-14H2,1H3/t17-,18-,21?/m0/s1. The molecule has 0 bridgehead atoms. The van der Waals surface area contributed by atoms with Crippen molar-refractivity contribution in [1.82, 2.24) is 4.90 Å². The number of hydrogen-bond donors (Lipinski definition) is 0. The van der Waals surface area contributed by atoms with Gasteiger partial charge in [0.05, 0.1) is 19.8 Å². The molecular formula is C21H21NO4S. The summed E-state index contributed by atoms with van der Waals surface area (Å²) in [6.07, 6.45) is 0.696. The minimum Gasteiger partial charge on any atom is -0.468 e. The zero-order valence-corrected chi connectivity index (χ0v) is 15.9. The molecule has 0 radical (unpaired) electrons. The Hall–Kier alpha value is -2.31. The molecule has 0 N–H and O–H groups in total. The van der Waals surface area contributed by atoms with Gasteiger partial charge in [0.1, 0.15) is 6.23 Å². The third kappa shape index (κ3) is 3.13. The van der Waals surface area contributed by atoms with Gasteiger partial charge in [-0.3, -0.25) is 4.79 Å².